The first-order chi connectivity index (χ1) is 7.16. The largest absolute Gasteiger partial charge is 0.323 e. The molecule has 1 nitrogen and oxygen atoms in total. The Kier molecular flexibility index (Phi) is 4.05. The maximum atomic E-state index is 3.54. The molecular weight excluding hydrogens is 405 g/mol. The van der Waals surface area contributed by atoms with Crippen molar-refractivity contribution in [3.63, 3.8) is 0 Å². The zero-order valence-electron chi connectivity index (χ0n) is 7.57. The first-order valence-electron chi connectivity index (χ1n) is 4.22. The van der Waals surface area contributed by atoms with Crippen molar-refractivity contribution in [2.45, 2.75) is 0 Å². The molecule has 2 aromatic rings. The highest BCUT2D eigenvalue weighted by Crippen LogP contribution is 2.50. The molecule has 0 saturated heterocycles. The number of rotatable bonds is 2. The normalized spacial score (nSPS) is 10.9. The van der Waals surface area contributed by atoms with Gasteiger partial charge in [0.1, 0.15) is 0 Å². The van der Waals surface area contributed by atoms with Crippen LogP contribution in [0.4, 0.5) is 0 Å². The Morgan fingerprint density at radius 2 is 1.67 bits per heavy atom. The third kappa shape index (κ3) is 2.94. The Morgan fingerprint density at radius 1 is 1.00 bits per heavy atom. The van der Waals surface area contributed by atoms with E-state index in [-0.39, 0.29) is 5.33 Å². The monoisotopic (exact) mass is 409 g/mol. The molecule has 5 heteroatoms. The Morgan fingerprint density at radius 3 is 2.20 bits per heavy atom. The molecule has 0 spiro atoms. The predicted molar refractivity (Wildman–Crippen MR) is 77.9 cm³/mol. The second kappa shape index (κ2) is 5.13. The van der Waals surface area contributed by atoms with Gasteiger partial charge in [-0.1, -0.05) is 15.9 Å². The van der Waals surface area contributed by atoms with Crippen molar-refractivity contribution in [3.8, 4) is 5.69 Å². The summed E-state index contributed by atoms with van der Waals surface area (Å²) in [5.74, 6) is 0. The number of hydrogen-bond acceptors (Lipinski definition) is 0. The fourth-order valence-corrected chi connectivity index (χ4v) is 3.17. The fraction of sp³-hybridized carbons (Fsp3) is 0. The van der Waals surface area contributed by atoms with Crippen molar-refractivity contribution in [1.82, 2.24) is 4.57 Å². The molecule has 0 radical (unpaired) electrons. The summed E-state index contributed by atoms with van der Waals surface area (Å²) in [6.07, 6.45) is 4.19. The van der Waals surface area contributed by atoms with E-state index in [2.05, 4.69) is 82.1 Å². The summed E-state index contributed by atoms with van der Waals surface area (Å²) in [6.45, 7) is 0. The molecule has 0 aliphatic heterocycles. The van der Waals surface area contributed by atoms with Crippen molar-refractivity contribution >= 4 is 57.5 Å². The standard InChI is InChI=1S/C10H7Br3NP/c11-8-1-3-9(4-2-8)14-6-5-10(7-14)15(12)13/h1-7H. The second-order valence-electron chi connectivity index (χ2n) is 2.99. The van der Waals surface area contributed by atoms with Gasteiger partial charge >= 0.3 is 0 Å². The van der Waals surface area contributed by atoms with Crippen LogP contribution in [-0.2, 0) is 0 Å². The molecule has 0 atom stereocenters. The number of hydrogen-bond donors (Lipinski definition) is 0. The molecule has 78 valence electrons. The highest BCUT2D eigenvalue weighted by Gasteiger charge is 2.04. The Hall–Kier alpha value is 0.370. The third-order valence-corrected chi connectivity index (χ3v) is 5.64. The molecule has 0 aliphatic rings. The summed E-state index contributed by atoms with van der Waals surface area (Å²) >= 11 is 10.5. The maximum Gasteiger partial charge on any atom is 0.0670 e. The average Bonchev–Trinajstić information content (AvgIpc) is 2.68. The topological polar surface area (TPSA) is 4.93 Å². The quantitative estimate of drug-likeness (QED) is 0.615. The molecule has 0 aliphatic carbocycles. The maximum absolute atomic E-state index is 3.54. The second-order valence-corrected chi connectivity index (χ2v) is 12.0. The highest BCUT2D eigenvalue weighted by atomic mass is 79.9. The highest BCUT2D eigenvalue weighted by molar-refractivity contribution is 9.70. The van der Waals surface area contributed by atoms with Crippen LogP contribution in [0.2, 0.25) is 0 Å². The van der Waals surface area contributed by atoms with Crippen molar-refractivity contribution in [2.75, 3.05) is 0 Å². The van der Waals surface area contributed by atoms with Crippen LogP contribution in [0.25, 0.3) is 5.69 Å². The van der Waals surface area contributed by atoms with Crippen LogP contribution in [0.3, 0.4) is 0 Å². The van der Waals surface area contributed by atoms with Crippen LogP contribution in [0.5, 0.6) is 0 Å². The van der Waals surface area contributed by atoms with Crippen LogP contribution in [0, 0.1) is 0 Å². The van der Waals surface area contributed by atoms with Gasteiger partial charge in [-0.3, -0.25) is 0 Å². The molecule has 1 aromatic carbocycles. The molecule has 2 rings (SSSR count). The van der Waals surface area contributed by atoms with Gasteiger partial charge in [-0.2, -0.15) is 0 Å². The van der Waals surface area contributed by atoms with Crippen LogP contribution in [0.15, 0.2) is 47.2 Å². The fourth-order valence-electron chi connectivity index (χ4n) is 1.26. The minimum absolute atomic E-state index is 0.376. The predicted octanol–water partition coefficient (Wildman–Crippen LogP) is 4.97. The smallest absolute Gasteiger partial charge is 0.0670 e. The van der Waals surface area contributed by atoms with Gasteiger partial charge in [0.25, 0.3) is 0 Å². The lowest BCUT2D eigenvalue weighted by Crippen LogP contribution is -1.92. The van der Waals surface area contributed by atoms with Gasteiger partial charge in [0.15, 0.2) is 0 Å². The van der Waals surface area contributed by atoms with E-state index in [1.54, 1.807) is 0 Å². The van der Waals surface area contributed by atoms with E-state index in [4.69, 9.17) is 0 Å². The van der Waals surface area contributed by atoms with E-state index in [1.165, 1.54) is 11.0 Å². The Labute approximate surface area is 114 Å². The Bertz CT molecular complexity index is 450. The lowest BCUT2D eigenvalue weighted by molar-refractivity contribution is 1.08. The number of benzene rings is 1. The van der Waals surface area contributed by atoms with Gasteiger partial charge in [-0.25, -0.2) is 0 Å². The van der Waals surface area contributed by atoms with E-state index < -0.39 is 0 Å². The van der Waals surface area contributed by atoms with Crippen LogP contribution < -0.4 is 5.30 Å². The lowest BCUT2D eigenvalue weighted by atomic mass is 10.3. The van der Waals surface area contributed by atoms with E-state index in [9.17, 15) is 0 Å². The zero-order valence-corrected chi connectivity index (χ0v) is 13.2. The van der Waals surface area contributed by atoms with Gasteiger partial charge in [0.05, 0.1) is 5.33 Å². The first kappa shape index (κ1) is 11.8. The third-order valence-electron chi connectivity index (χ3n) is 2.00. The van der Waals surface area contributed by atoms with Gasteiger partial charge in [0, 0.05) is 27.9 Å². The minimum atomic E-state index is -0.376. The van der Waals surface area contributed by atoms with Crippen molar-refractivity contribution in [2.24, 2.45) is 0 Å². The minimum Gasteiger partial charge on any atom is -0.323 e. The summed E-state index contributed by atoms with van der Waals surface area (Å²) in [4.78, 5) is 0. The van der Waals surface area contributed by atoms with Gasteiger partial charge < -0.3 is 4.57 Å². The number of halogens is 3. The van der Waals surface area contributed by atoms with E-state index in [0.717, 1.165) is 4.47 Å². The first-order valence-corrected chi connectivity index (χ1v) is 10.4. The van der Waals surface area contributed by atoms with E-state index in [1.807, 2.05) is 12.1 Å². The Balaban J connectivity index is 2.33. The van der Waals surface area contributed by atoms with Crippen molar-refractivity contribution in [1.29, 1.82) is 0 Å². The van der Waals surface area contributed by atoms with Crippen LogP contribution in [0.1, 0.15) is 0 Å². The van der Waals surface area contributed by atoms with E-state index in [0.29, 0.717) is 0 Å². The number of aromatic nitrogens is 1. The molecule has 0 amide bonds. The van der Waals surface area contributed by atoms with Gasteiger partial charge in [-0.15, -0.1) is 0 Å². The molecule has 0 fully saturated rings. The molecular formula is C10H7Br3NP. The lowest BCUT2D eigenvalue weighted by Gasteiger charge is -2.02. The van der Waals surface area contributed by atoms with Crippen molar-refractivity contribution in [3.05, 3.63) is 47.2 Å². The number of nitrogens with zero attached hydrogens (tertiary/aromatic N) is 1. The SMILES string of the molecule is Brc1ccc(-n2ccc(P(Br)Br)c2)cc1. The summed E-state index contributed by atoms with van der Waals surface area (Å²) in [5.41, 5.74) is 1.17. The van der Waals surface area contributed by atoms with Crippen molar-refractivity contribution < 1.29 is 0 Å². The molecule has 1 heterocycles. The summed E-state index contributed by atoms with van der Waals surface area (Å²) in [5, 5.41) is 0.895. The van der Waals surface area contributed by atoms with Gasteiger partial charge in [0.2, 0.25) is 0 Å². The molecule has 15 heavy (non-hydrogen) atoms. The van der Waals surface area contributed by atoms with Crippen LogP contribution in [-0.4, -0.2) is 4.57 Å². The molecule has 0 N–H and O–H groups in total. The molecule has 0 saturated carbocycles. The summed E-state index contributed by atoms with van der Waals surface area (Å²) < 4.78 is 3.21. The molecule has 0 unspecified atom stereocenters. The average molecular weight is 412 g/mol. The van der Waals surface area contributed by atoms with Gasteiger partial charge in [-0.05, 0) is 61.3 Å². The zero-order chi connectivity index (χ0) is 10.8. The summed E-state index contributed by atoms with van der Waals surface area (Å²) in [6, 6.07) is 10.4. The summed E-state index contributed by atoms with van der Waals surface area (Å²) in [7, 11) is 0. The van der Waals surface area contributed by atoms with E-state index >= 15 is 0 Å². The molecule has 0 bridgehead atoms. The molecule has 1 aromatic heterocycles. The van der Waals surface area contributed by atoms with Crippen LogP contribution >= 0.6 is 52.2 Å².